The van der Waals surface area contributed by atoms with Gasteiger partial charge in [-0.15, -0.1) is 11.6 Å². The van der Waals surface area contributed by atoms with Crippen LogP contribution >= 0.6 is 11.6 Å². The molecule has 0 heterocycles. The molecule has 0 bridgehead atoms. The Balaban J connectivity index is 1.85. The van der Waals surface area contributed by atoms with Crippen molar-refractivity contribution < 1.29 is 4.79 Å². The second-order valence-electron chi connectivity index (χ2n) is 6.01. The van der Waals surface area contributed by atoms with E-state index in [1.165, 1.54) is 30.4 Å². The molecule has 1 aliphatic carbocycles. The van der Waals surface area contributed by atoms with E-state index in [1.807, 2.05) is 6.07 Å². The highest BCUT2D eigenvalue weighted by atomic mass is 35.5. The van der Waals surface area contributed by atoms with Crippen LogP contribution < -0.4 is 5.32 Å². The first-order valence-electron chi connectivity index (χ1n) is 7.56. The van der Waals surface area contributed by atoms with Gasteiger partial charge in [-0.3, -0.25) is 4.79 Å². The maximum atomic E-state index is 12.2. The van der Waals surface area contributed by atoms with Crippen LogP contribution in [-0.2, 0) is 11.2 Å². The largest absolute Gasteiger partial charge is 0.349 e. The molecule has 1 aromatic carbocycles. The van der Waals surface area contributed by atoms with Crippen molar-refractivity contribution >= 4 is 17.5 Å². The fraction of sp³-hybridized carbons (Fsp3) is 0.588. The number of carbonyl (C=O) groups excluding carboxylic acids is 1. The Hall–Kier alpha value is -1.02. The Morgan fingerprint density at radius 2 is 2.05 bits per heavy atom. The minimum atomic E-state index is -0.149. The van der Waals surface area contributed by atoms with Gasteiger partial charge in [0.05, 0.1) is 5.54 Å². The van der Waals surface area contributed by atoms with Crippen LogP contribution in [0.1, 0.15) is 49.7 Å². The van der Waals surface area contributed by atoms with Crippen LogP contribution in [0.2, 0.25) is 0 Å². The summed E-state index contributed by atoms with van der Waals surface area (Å²) in [5.74, 6) is 0.664. The molecule has 0 spiro atoms. The summed E-state index contributed by atoms with van der Waals surface area (Å²) in [7, 11) is 0. The minimum Gasteiger partial charge on any atom is -0.349 e. The van der Waals surface area contributed by atoms with Crippen molar-refractivity contribution in [3.8, 4) is 0 Å². The molecule has 0 aliphatic heterocycles. The van der Waals surface area contributed by atoms with Gasteiger partial charge in [-0.05, 0) is 31.7 Å². The molecule has 2 rings (SSSR count). The van der Waals surface area contributed by atoms with E-state index in [0.717, 1.165) is 19.3 Å². The van der Waals surface area contributed by atoms with Crippen LogP contribution in [0.3, 0.4) is 0 Å². The average Bonchev–Trinajstić information content (AvgIpc) is 2.46. The number of alkyl halides is 1. The lowest BCUT2D eigenvalue weighted by Gasteiger charge is -2.36. The third kappa shape index (κ3) is 4.24. The number of aryl methyl sites for hydroxylation is 2. The smallest absolute Gasteiger partial charge is 0.220 e. The molecule has 1 saturated carbocycles. The number of carbonyl (C=O) groups is 1. The van der Waals surface area contributed by atoms with Gasteiger partial charge < -0.3 is 5.32 Å². The summed E-state index contributed by atoms with van der Waals surface area (Å²) in [4.78, 5) is 12.2. The van der Waals surface area contributed by atoms with Gasteiger partial charge in [-0.2, -0.15) is 0 Å². The molecule has 3 heteroatoms. The maximum Gasteiger partial charge on any atom is 0.220 e. The fourth-order valence-corrected chi connectivity index (χ4v) is 3.34. The molecule has 1 N–H and O–H groups in total. The molecule has 1 fully saturated rings. The van der Waals surface area contributed by atoms with Crippen LogP contribution in [0.4, 0.5) is 0 Å². The van der Waals surface area contributed by atoms with Gasteiger partial charge in [-0.1, -0.05) is 49.1 Å². The van der Waals surface area contributed by atoms with Crippen molar-refractivity contribution in [3.05, 3.63) is 35.4 Å². The fourth-order valence-electron chi connectivity index (χ4n) is 3.00. The first kappa shape index (κ1) is 15.4. The molecule has 1 aromatic rings. The molecular weight excluding hydrogens is 270 g/mol. The topological polar surface area (TPSA) is 29.1 Å². The number of hydrogen-bond donors (Lipinski definition) is 1. The summed E-state index contributed by atoms with van der Waals surface area (Å²) < 4.78 is 0. The standard InChI is InChI=1S/C17H24ClNO/c1-14-6-5-7-15(12-14)8-9-16(20)19-17(13-18)10-3-2-4-11-17/h5-7,12H,2-4,8-11,13H2,1H3,(H,19,20). The van der Waals surface area contributed by atoms with E-state index >= 15 is 0 Å². The van der Waals surface area contributed by atoms with Crippen molar-refractivity contribution in [2.75, 3.05) is 5.88 Å². The van der Waals surface area contributed by atoms with Gasteiger partial charge >= 0.3 is 0 Å². The molecule has 0 aromatic heterocycles. The molecular formula is C17H24ClNO. The zero-order chi connectivity index (χ0) is 14.4. The maximum absolute atomic E-state index is 12.2. The summed E-state index contributed by atoms with van der Waals surface area (Å²) >= 11 is 6.10. The van der Waals surface area contributed by atoms with E-state index in [-0.39, 0.29) is 11.4 Å². The quantitative estimate of drug-likeness (QED) is 0.817. The second kappa shape index (κ2) is 7.12. The Kier molecular flexibility index (Phi) is 5.47. The van der Waals surface area contributed by atoms with E-state index < -0.39 is 0 Å². The Labute approximate surface area is 126 Å². The molecule has 1 amide bonds. The first-order valence-corrected chi connectivity index (χ1v) is 8.10. The summed E-state index contributed by atoms with van der Waals surface area (Å²) in [5.41, 5.74) is 2.32. The van der Waals surface area contributed by atoms with Crippen LogP contribution in [0, 0.1) is 6.92 Å². The van der Waals surface area contributed by atoms with Crippen LogP contribution in [0.25, 0.3) is 0 Å². The Morgan fingerprint density at radius 3 is 2.70 bits per heavy atom. The lowest BCUT2D eigenvalue weighted by atomic mass is 9.83. The SMILES string of the molecule is Cc1cccc(CCC(=O)NC2(CCl)CCCCC2)c1. The predicted molar refractivity (Wildman–Crippen MR) is 84.2 cm³/mol. The van der Waals surface area contributed by atoms with Crippen molar-refractivity contribution in [2.24, 2.45) is 0 Å². The molecule has 110 valence electrons. The van der Waals surface area contributed by atoms with Gasteiger partial charge in [-0.25, -0.2) is 0 Å². The molecule has 0 saturated heterocycles. The van der Waals surface area contributed by atoms with E-state index in [1.54, 1.807) is 0 Å². The molecule has 0 radical (unpaired) electrons. The second-order valence-corrected chi connectivity index (χ2v) is 6.28. The van der Waals surface area contributed by atoms with Crippen molar-refractivity contribution in [1.29, 1.82) is 0 Å². The molecule has 1 aliphatic rings. The zero-order valence-corrected chi connectivity index (χ0v) is 13.0. The highest BCUT2D eigenvalue weighted by molar-refractivity contribution is 6.18. The van der Waals surface area contributed by atoms with E-state index in [0.29, 0.717) is 12.3 Å². The summed E-state index contributed by atoms with van der Waals surface area (Å²) in [5, 5.41) is 3.20. The van der Waals surface area contributed by atoms with Crippen molar-refractivity contribution in [1.82, 2.24) is 5.32 Å². The highest BCUT2D eigenvalue weighted by Gasteiger charge is 2.32. The van der Waals surface area contributed by atoms with Crippen LogP contribution in [0.15, 0.2) is 24.3 Å². The van der Waals surface area contributed by atoms with Crippen LogP contribution in [-0.4, -0.2) is 17.3 Å². The monoisotopic (exact) mass is 293 g/mol. The number of rotatable bonds is 5. The number of hydrogen-bond acceptors (Lipinski definition) is 1. The van der Waals surface area contributed by atoms with Crippen LogP contribution in [0.5, 0.6) is 0 Å². The van der Waals surface area contributed by atoms with Gasteiger partial charge in [0, 0.05) is 12.3 Å². The van der Waals surface area contributed by atoms with Gasteiger partial charge in [0.15, 0.2) is 0 Å². The minimum absolute atomic E-state index is 0.133. The summed E-state index contributed by atoms with van der Waals surface area (Å²) in [6, 6.07) is 8.35. The van der Waals surface area contributed by atoms with E-state index in [2.05, 4.69) is 30.4 Å². The third-order valence-electron chi connectivity index (χ3n) is 4.19. The molecule has 20 heavy (non-hydrogen) atoms. The lowest BCUT2D eigenvalue weighted by Crippen LogP contribution is -2.51. The lowest BCUT2D eigenvalue weighted by molar-refractivity contribution is -0.123. The molecule has 0 atom stereocenters. The highest BCUT2D eigenvalue weighted by Crippen LogP contribution is 2.29. The van der Waals surface area contributed by atoms with E-state index in [4.69, 9.17) is 11.6 Å². The first-order chi connectivity index (χ1) is 9.63. The summed E-state index contributed by atoms with van der Waals surface area (Å²) in [6.07, 6.45) is 6.99. The number of nitrogens with one attached hydrogen (secondary N) is 1. The van der Waals surface area contributed by atoms with E-state index in [9.17, 15) is 4.79 Å². The van der Waals surface area contributed by atoms with Gasteiger partial charge in [0.25, 0.3) is 0 Å². The zero-order valence-electron chi connectivity index (χ0n) is 12.3. The average molecular weight is 294 g/mol. The normalized spacial score (nSPS) is 17.7. The van der Waals surface area contributed by atoms with Gasteiger partial charge in [0.1, 0.15) is 0 Å². The number of benzene rings is 1. The molecule has 2 nitrogen and oxygen atoms in total. The van der Waals surface area contributed by atoms with Crippen molar-refractivity contribution in [2.45, 2.75) is 57.4 Å². The van der Waals surface area contributed by atoms with Gasteiger partial charge in [0.2, 0.25) is 5.91 Å². The summed E-state index contributed by atoms with van der Waals surface area (Å²) in [6.45, 7) is 2.08. The third-order valence-corrected chi connectivity index (χ3v) is 4.71. The number of amides is 1. The Morgan fingerprint density at radius 1 is 1.30 bits per heavy atom. The number of halogens is 1. The molecule has 0 unspecified atom stereocenters. The predicted octanol–water partition coefficient (Wildman–Crippen LogP) is 3.99. The van der Waals surface area contributed by atoms with Crippen molar-refractivity contribution in [3.63, 3.8) is 0 Å². The Bertz CT molecular complexity index is 452.